The number of carbonyl (C=O) groups excluding carboxylic acids is 1. The molecule has 0 unspecified atom stereocenters. The van der Waals surface area contributed by atoms with E-state index in [4.69, 9.17) is 11.6 Å². The molecule has 0 saturated heterocycles. The highest BCUT2D eigenvalue weighted by Gasteiger charge is 2.33. The Morgan fingerprint density at radius 2 is 1.94 bits per heavy atom. The molecule has 0 spiro atoms. The van der Waals surface area contributed by atoms with E-state index in [2.05, 4.69) is 9.97 Å². The lowest BCUT2D eigenvalue weighted by Crippen LogP contribution is -2.36. The van der Waals surface area contributed by atoms with Crippen LogP contribution in [0.4, 0.5) is 13.2 Å². The minimum absolute atomic E-state index is 0.0370. The number of benzene rings is 2. The van der Waals surface area contributed by atoms with Crippen molar-refractivity contribution >= 4 is 34.5 Å². The number of carbonyl (C=O) groups is 1. The minimum Gasteiger partial charge on any atom is -0.329 e. The topological polar surface area (TPSA) is 66.1 Å². The molecule has 3 rings (SSSR count). The highest BCUT2D eigenvalue weighted by molar-refractivity contribution is 6.31. The molecule has 1 N–H and O–H groups in total. The quantitative estimate of drug-likeness (QED) is 0.554. The van der Waals surface area contributed by atoms with E-state index in [0.717, 1.165) is 12.1 Å². The first kappa shape index (κ1) is 22.6. The van der Waals surface area contributed by atoms with E-state index in [-0.39, 0.29) is 23.7 Å². The SMILES string of the molecule is CC(C)N(Cc1nc2ccccc2c(=O)[nH]1)C(=O)/C=C/c1ccc(Cl)c(C(F)(F)F)c1. The van der Waals surface area contributed by atoms with E-state index in [9.17, 15) is 22.8 Å². The Morgan fingerprint density at radius 3 is 2.61 bits per heavy atom. The summed E-state index contributed by atoms with van der Waals surface area (Å²) in [4.78, 5) is 33.5. The van der Waals surface area contributed by atoms with Crippen molar-refractivity contribution < 1.29 is 18.0 Å². The van der Waals surface area contributed by atoms with Crippen LogP contribution in [0.1, 0.15) is 30.8 Å². The van der Waals surface area contributed by atoms with Crippen molar-refractivity contribution in [3.8, 4) is 0 Å². The summed E-state index contributed by atoms with van der Waals surface area (Å²) < 4.78 is 39.1. The maximum absolute atomic E-state index is 13.0. The van der Waals surface area contributed by atoms with Crippen LogP contribution in [0.25, 0.3) is 17.0 Å². The highest BCUT2D eigenvalue weighted by atomic mass is 35.5. The number of rotatable bonds is 5. The van der Waals surface area contributed by atoms with Crippen LogP contribution >= 0.6 is 11.6 Å². The number of aromatic nitrogens is 2. The second-order valence-corrected chi connectivity index (χ2v) is 7.57. The third-order valence-corrected chi connectivity index (χ3v) is 4.93. The van der Waals surface area contributed by atoms with E-state index in [1.165, 1.54) is 23.1 Å². The molecule has 0 fully saturated rings. The van der Waals surface area contributed by atoms with Gasteiger partial charge in [0, 0.05) is 12.1 Å². The fourth-order valence-electron chi connectivity index (χ4n) is 3.01. The summed E-state index contributed by atoms with van der Waals surface area (Å²) in [6, 6.07) is 10.0. The lowest BCUT2D eigenvalue weighted by Gasteiger charge is -2.25. The van der Waals surface area contributed by atoms with Crippen molar-refractivity contribution in [3.05, 3.63) is 80.9 Å². The number of fused-ring (bicyclic) bond motifs is 1. The fourth-order valence-corrected chi connectivity index (χ4v) is 3.24. The molecule has 0 aliphatic heterocycles. The average Bonchev–Trinajstić information content (AvgIpc) is 2.70. The zero-order chi connectivity index (χ0) is 22.8. The maximum atomic E-state index is 13.0. The predicted molar refractivity (Wildman–Crippen MR) is 114 cm³/mol. The molecule has 2 aromatic carbocycles. The molecule has 9 heteroatoms. The minimum atomic E-state index is -4.59. The fraction of sp³-hybridized carbons (Fsp3) is 0.227. The number of aromatic amines is 1. The van der Waals surface area contributed by atoms with Gasteiger partial charge in [-0.3, -0.25) is 9.59 Å². The first-order valence-electron chi connectivity index (χ1n) is 9.39. The van der Waals surface area contributed by atoms with Gasteiger partial charge >= 0.3 is 6.18 Å². The predicted octanol–water partition coefficient (Wildman–Crippen LogP) is 5.05. The van der Waals surface area contributed by atoms with Crippen LogP contribution in [0.2, 0.25) is 5.02 Å². The Morgan fingerprint density at radius 1 is 1.23 bits per heavy atom. The molecule has 0 aliphatic rings. The Balaban J connectivity index is 1.84. The number of hydrogen-bond donors (Lipinski definition) is 1. The lowest BCUT2D eigenvalue weighted by molar-refractivity contribution is -0.137. The van der Waals surface area contributed by atoms with Gasteiger partial charge in [-0.05, 0) is 49.8 Å². The van der Waals surface area contributed by atoms with Crippen LogP contribution in [0.5, 0.6) is 0 Å². The highest BCUT2D eigenvalue weighted by Crippen LogP contribution is 2.35. The molecule has 5 nitrogen and oxygen atoms in total. The van der Waals surface area contributed by atoms with Crippen LogP contribution < -0.4 is 5.56 Å². The van der Waals surface area contributed by atoms with Gasteiger partial charge in [-0.15, -0.1) is 0 Å². The number of amides is 1. The summed E-state index contributed by atoms with van der Waals surface area (Å²) >= 11 is 5.62. The second kappa shape index (κ2) is 8.93. The summed E-state index contributed by atoms with van der Waals surface area (Å²) in [6.07, 6.45) is -2.12. The third-order valence-electron chi connectivity index (χ3n) is 4.60. The summed E-state index contributed by atoms with van der Waals surface area (Å²) in [5.41, 5.74) is -0.588. The van der Waals surface area contributed by atoms with Gasteiger partial charge in [-0.25, -0.2) is 4.98 Å². The number of nitrogens with zero attached hydrogens (tertiary/aromatic N) is 2. The van der Waals surface area contributed by atoms with Gasteiger partial charge in [0.1, 0.15) is 5.82 Å². The average molecular weight is 450 g/mol. The van der Waals surface area contributed by atoms with Crippen LogP contribution in [0, 0.1) is 0 Å². The first-order chi connectivity index (χ1) is 14.6. The standard InChI is InChI=1S/C22H19ClF3N3O2/c1-13(2)29(12-19-27-18-6-4-3-5-15(18)21(31)28-19)20(30)10-8-14-7-9-17(23)16(11-14)22(24,25)26/h3-11,13H,12H2,1-2H3,(H,27,28,31)/b10-8+. The maximum Gasteiger partial charge on any atom is 0.417 e. The van der Waals surface area contributed by atoms with Crippen molar-refractivity contribution in [2.75, 3.05) is 0 Å². The second-order valence-electron chi connectivity index (χ2n) is 7.16. The van der Waals surface area contributed by atoms with Gasteiger partial charge in [0.05, 0.1) is 28.0 Å². The summed E-state index contributed by atoms with van der Waals surface area (Å²) in [5, 5.41) is 0.0305. The molecule has 0 aliphatic carbocycles. The Kier molecular flexibility index (Phi) is 6.50. The molecule has 0 atom stereocenters. The van der Waals surface area contributed by atoms with Gasteiger partial charge in [0.25, 0.3) is 5.56 Å². The third kappa shape index (κ3) is 5.32. The Bertz CT molecular complexity index is 1200. The molecule has 162 valence electrons. The van der Waals surface area contributed by atoms with E-state index in [0.29, 0.717) is 16.7 Å². The van der Waals surface area contributed by atoms with Crippen LogP contribution in [0.3, 0.4) is 0 Å². The molecule has 1 heterocycles. The molecular formula is C22H19ClF3N3O2. The van der Waals surface area contributed by atoms with Crippen molar-refractivity contribution in [2.45, 2.75) is 32.6 Å². The normalized spacial score (nSPS) is 12.1. The molecule has 31 heavy (non-hydrogen) atoms. The Labute approximate surface area is 181 Å². The van der Waals surface area contributed by atoms with Crippen molar-refractivity contribution in [1.82, 2.24) is 14.9 Å². The molecule has 0 radical (unpaired) electrons. The number of H-pyrrole nitrogens is 1. The van der Waals surface area contributed by atoms with Crippen LogP contribution in [-0.4, -0.2) is 26.8 Å². The molecule has 0 bridgehead atoms. The van der Waals surface area contributed by atoms with Crippen molar-refractivity contribution in [1.29, 1.82) is 0 Å². The first-order valence-corrected chi connectivity index (χ1v) is 9.77. The van der Waals surface area contributed by atoms with E-state index in [1.807, 2.05) is 0 Å². The van der Waals surface area contributed by atoms with Crippen molar-refractivity contribution in [3.63, 3.8) is 0 Å². The summed E-state index contributed by atoms with van der Waals surface area (Å²) in [7, 11) is 0. The summed E-state index contributed by atoms with van der Waals surface area (Å²) in [6.45, 7) is 3.61. The molecule has 1 amide bonds. The number of para-hydroxylation sites is 1. The Hall–Kier alpha value is -3.13. The van der Waals surface area contributed by atoms with Crippen LogP contribution in [0.15, 0.2) is 53.3 Å². The van der Waals surface area contributed by atoms with Crippen LogP contribution in [-0.2, 0) is 17.5 Å². The largest absolute Gasteiger partial charge is 0.417 e. The van der Waals surface area contributed by atoms with Gasteiger partial charge in [-0.1, -0.05) is 29.8 Å². The van der Waals surface area contributed by atoms with E-state index >= 15 is 0 Å². The molecule has 0 saturated carbocycles. The summed E-state index contributed by atoms with van der Waals surface area (Å²) in [5.74, 6) is -0.126. The van der Waals surface area contributed by atoms with Crippen molar-refractivity contribution in [2.24, 2.45) is 0 Å². The number of nitrogens with one attached hydrogen (secondary N) is 1. The van der Waals surface area contributed by atoms with Gasteiger partial charge in [0.2, 0.25) is 5.91 Å². The number of halogens is 4. The van der Waals surface area contributed by atoms with Gasteiger partial charge in [0.15, 0.2) is 0 Å². The lowest BCUT2D eigenvalue weighted by atomic mass is 10.1. The number of alkyl halides is 3. The molecule has 1 aromatic heterocycles. The van der Waals surface area contributed by atoms with E-state index < -0.39 is 22.7 Å². The van der Waals surface area contributed by atoms with Gasteiger partial charge < -0.3 is 9.88 Å². The monoisotopic (exact) mass is 449 g/mol. The van der Waals surface area contributed by atoms with E-state index in [1.54, 1.807) is 38.1 Å². The zero-order valence-electron chi connectivity index (χ0n) is 16.7. The zero-order valence-corrected chi connectivity index (χ0v) is 17.5. The van der Waals surface area contributed by atoms with Gasteiger partial charge in [-0.2, -0.15) is 13.2 Å². The smallest absolute Gasteiger partial charge is 0.329 e. The molecular weight excluding hydrogens is 431 g/mol. The number of hydrogen-bond acceptors (Lipinski definition) is 3. The molecule has 3 aromatic rings.